The van der Waals surface area contributed by atoms with Crippen molar-refractivity contribution in [3.8, 4) is 11.4 Å². The zero-order valence-electron chi connectivity index (χ0n) is 14.3. The summed E-state index contributed by atoms with van der Waals surface area (Å²) >= 11 is 5.94. The first-order chi connectivity index (χ1) is 13.0. The van der Waals surface area contributed by atoms with Gasteiger partial charge >= 0.3 is 0 Å². The topological polar surface area (TPSA) is 85.8 Å². The molecule has 0 bridgehead atoms. The molecule has 1 aromatic heterocycles. The van der Waals surface area contributed by atoms with Crippen LogP contribution < -0.4 is 11.1 Å². The first-order valence-electron chi connectivity index (χ1n) is 8.20. The Morgan fingerprint density at radius 2 is 1.93 bits per heavy atom. The van der Waals surface area contributed by atoms with Crippen LogP contribution in [0.5, 0.6) is 0 Å². The van der Waals surface area contributed by atoms with Crippen LogP contribution in [0.4, 0.5) is 10.3 Å². The minimum atomic E-state index is -0.812. The molecule has 0 saturated heterocycles. The second-order valence-corrected chi connectivity index (χ2v) is 6.60. The smallest absolute Gasteiger partial charge is 0.248 e. The van der Waals surface area contributed by atoms with E-state index in [1.807, 2.05) is 0 Å². The monoisotopic (exact) mass is 383 g/mol. The van der Waals surface area contributed by atoms with Gasteiger partial charge in [-0.05, 0) is 37.3 Å². The Kier molecular flexibility index (Phi) is 4.16. The maximum Gasteiger partial charge on any atom is 0.248 e. The zero-order chi connectivity index (χ0) is 19.1. The fourth-order valence-corrected chi connectivity index (χ4v) is 3.30. The van der Waals surface area contributed by atoms with Crippen molar-refractivity contribution in [2.45, 2.75) is 13.0 Å². The summed E-state index contributed by atoms with van der Waals surface area (Å²) in [6.45, 7) is 1.70. The Morgan fingerprint density at radius 3 is 2.59 bits per heavy atom. The Hall–Kier alpha value is -3.19. The number of halogens is 2. The summed E-state index contributed by atoms with van der Waals surface area (Å²) in [5.74, 6) is -0.280. The van der Waals surface area contributed by atoms with Gasteiger partial charge in [0, 0.05) is 21.8 Å². The van der Waals surface area contributed by atoms with E-state index in [2.05, 4.69) is 15.4 Å². The van der Waals surface area contributed by atoms with Gasteiger partial charge in [0.25, 0.3) is 0 Å². The first-order valence-corrected chi connectivity index (χ1v) is 8.58. The van der Waals surface area contributed by atoms with E-state index in [9.17, 15) is 9.18 Å². The lowest BCUT2D eigenvalue weighted by atomic mass is 9.95. The van der Waals surface area contributed by atoms with Gasteiger partial charge in [-0.2, -0.15) is 4.98 Å². The molecule has 6 nitrogen and oxygen atoms in total. The number of benzene rings is 2. The van der Waals surface area contributed by atoms with Crippen LogP contribution in [-0.4, -0.2) is 20.7 Å². The molecule has 0 unspecified atom stereocenters. The zero-order valence-corrected chi connectivity index (χ0v) is 15.0. The molecule has 136 valence electrons. The summed E-state index contributed by atoms with van der Waals surface area (Å²) < 4.78 is 16.0. The minimum absolute atomic E-state index is 0.236. The number of hydrogen-bond acceptors (Lipinski definition) is 4. The molecule has 0 radical (unpaired) electrons. The van der Waals surface area contributed by atoms with Crippen LogP contribution >= 0.6 is 11.6 Å². The number of fused-ring (bicyclic) bond motifs is 1. The third-order valence-electron chi connectivity index (χ3n) is 4.42. The average Bonchev–Trinajstić information content (AvgIpc) is 3.05. The standard InChI is InChI=1S/C19H15ClFN5O/c1-10-15(17(22)27)16(13-4-2-3-5-14(13)21)26-19(23-10)24-18(25-26)11-6-8-12(20)9-7-11/h2-9,16H,1H3,(H2,22,27)(H,23,24,25)/t16-/m1/s1. The molecule has 3 aromatic rings. The van der Waals surface area contributed by atoms with E-state index in [1.54, 1.807) is 49.4 Å². The van der Waals surface area contributed by atoms with Crippen molar-refractivity contribution < 1.29 is 9.18 Å². The molecule has 1 aliphatic rings. The van der Waals surface area contributed by atoms with E-state index in [-0.39, 0.29) is 5.57 Å². The number of allylic oxidation sites excluding steroid dienone is 1. The van der Waals surface area contributed by atoms with Crippen LogP contribution in [0.1, 0.15) is 18.5 Å². The van der Waals surface area contributed by atoms with E-state index < -0.39 is 17.8 Å². The number of primary amides is 1. The predicted molar refractivity (Wildman–Crippen MR) is 101 cm³/mol. The van der Waals surface area contributed by atoms with Crippen LogP contribution in [0.25, 0.3) is 11.4 Å². The number of carbonyl (C=O) groups excluding carboxylic acids is 1. The van der Waals surface area contributed by atoms with E-state index >= 15 is 0 Å². The highest BCUT2D eigenvalue weighted by molar-refractivity contribution is 6.30. The molecule has 3 N–H and O–H groups in total. The van der Waals surface area contributed by atoms with Gasteiger partial charge in [-0.25, -0.2) is 9.07 Å². The minimum Gasteiger partial charge on any atom is -0.366 e. The first kappa shape index (κ1) is 17.2. The van der Waals surface area contributed by atoms with Gasteiger partial charge in [0.05, 0.1) is 5.57 Å². The van der Waals surface area contributed by atoms with Crippen LogP contribution in [0.3, 0.4) is 0 Å². The summed E-state index contributed by atoms with van der Waals surface area (Å²) in [5, 5.41) is 8.14. The van der Waals surface area contributed by atoms with Gasteiger partial charge in [-0.3, -0.25) is 4.79 Å². The van der Waals surface area contributed by atoms with Gasteiger partial charge < -0.3 is 11.1 Å². The summed E-state index contributed by atoms with van der Waals surface area (Å²) in [6.07, 6.45) is 0. The van der Waals surface area contributed by atoms with Crippen LogP contribution in [0.15, 0.2) is 59.8 Å². The van der Waals surface area contributed by atoms with Gasteiger partial charge in [-0.15, -0.1) is 5.10 Å². The van der Waals surface area contributed by atoms with Crippen LogP contribution in [0, 0.1) is 5.82 Å². The molecule has 8 heteroatoms. The molecule has 0 spiro atoms. The Morgan fingerprint density at radius 1 is 1.22 bits per heavy atom. The number of nitrogens with zero attached hydrogens (tertiary/aromatic N) is 3. The van der Waals surface area contributed by atoms with Crippen molar-refractivity contribution in [2.24, 2.45) is 5.73 Å². The normalized spacial score (nSPS) is 16.0. The molecule has 0 aliphatic carbocycles. The molecular formula is C19H15ClFN5O. The Labute approximate surface area is 159 Å². The molecular weight excluding hydrogens is 369 g/mol. The van der Waals surface area contributed by atoms with Crippen molar-refractivity contribution in [1.82, 2.24) is 14.8 Å². The molecule has 4 rings (SSSR count). The van der Waals surface area contributed by atoms with Crippen LogP contribution in [-0.2, 0) is 4.79 Å². The van der Waals surface area contributed by atoms with Gasteiger partial charge in [0.2, 0.25) is 11.9 Å². The lowest BCUT2D eigenvalue weighted by Gasteiger charge is -2.27. The Bertz CT molecular complexity index is 1070. The third-order valence-corrected chi connectivity index (χ3v) is 4.67. The van der Waals surface area contributed by atoms with Crippen molar-refractivity contribution in [3.63, 3.8) is 0 Å². The lowest BCUT2D eigenvalue weighted by molar-refractivity contribution is -0.115. The number of nitrogens with two attached hydrogens (primary N) is 1. The average molecular weight is 384 g/mol. The van der Waals surface area contributed by atoms with E-state index in [1.165, 1.54) is 10.7 Å². The maximum atomic E-state index is 14.5. The van der Waals surface area contributed by atoms with Crippen molar-refractivity contribution >= 4 is 23.5 Å². The van der Waals surface area contributed by atoms with E-state index in [0.29, 0.717) is 28.1 Å². The van der Waals surface area contributed by atoms with E-state index in [0.717, 1.165) is 5.56 Å². The highest BCUT2D eigenvalue weighted by Gasteiger charge is 2.34. The molecule has 1 amide bonds. The highest BCUT2D eigenvalue weighted by atomic mass is 35.5. The van der Waals surface area contributed by atoms with Crippen molar-refractivity contribution in [2.75, 3.05) is 5.32 Å². The summed E-state index contributed by atoms with van der Waals surface area (Å²) in [7, 11) is 0. The van der Waals surface area contributed by atoms with Crippen molar-refractivity contribution in [1.29, 1.82) is 0 Å². The highest BCUT2D eigenvalue weighted by Crippen LogP contribution is 2.37. The summed E-state index contributed by atoms with van der Waals surface area (Å²) in [6, 6.07) is 12.5. The number of aromatic nitrogens is 3. The fourth-order valence-electron chi connectivity index (χ4n) is 3.18. The molecule has 2 heterocycles. The van der Waals surface area contributed by atoms with E-state index in [4.69, 9.17) is 17.3 Å². The number of rotatable bonds is 3. The second kappa shape index (κ2) is 6.51. The number of anilines is 1. The lowest BCUT2D eigenvalue weighted by Crippen LogP contribution is -2.32. The number of amides is 1. The molecule has 0 saturated carbocycles. The quantitative estimate of drug-likeness (QED) is 0.724. The molecule has 1 atom stereocenters. The predicted octanol–water partition coefficient (Wildman–Crippen LogP) is 3.51. The maximum absolute atomic E-state index is 14.5. The van der Waals surface area contributed by atoms with Crippen molar-refractivity contribution in [3.05, 3.63) is 76.2 Å². The molecule has 27 heavy (non-hydrogen) atoms. The number of hydrogen-bond donors (Lipinski definition) is 2. The summed E-state index contributed by atoms with van der Waals surface area (Å²) in [5.41, 5.74) is 7.38. The largest absolute Gasteiger partial charge is 0.366 e. The van der Waals surface area contributed by atoms with Gasteiger partial charge in [0.1, 0.15) is 11.9 Å². The number of carbonyl (C=O) groups is 1. The second-order valence-electron chi connectivity index (χ2n) is 6.16. The number of nitrogens with one attached hydrogen (secondary N) is 1. The van der Waals surface area contributed by atoms with Crippen LogP contribution in [0.2, 0.25) is 5.02 Å². The SMILES string of the molecule is CC1=C(C(N)=O)[C@@H](c2ccccc2F)n2nc(-c3ccc(Cl)cc3)nc2N1. The molecule has 2 aromatic carbocycles. The van der Waals surface area contributed by atoms with Gasteiger partial charge in [0.15, 0.2) is 5.82 Å². The Balaban J connectivity index is 1.90. The fraction of sp³-hybridized carbons (Fsp3) is 0.105. The van der Waals surface area contributed by atoms with Gasteiger partial charge in [-0.1, -0.05) is 29.8 Å². The summed E-state index contributed by atoms with van der Waals surface area (Å²) in [4.78, 5) is 16.6. The third kappa shape index (κ3) is 2.96. The molecule has 1 aliphatic heterocycles. The molecule has 0 fully saturated rings.